The molecule has 13 heteroatoms. The Morgan fingerprint density at radius 1 is 1.18 bits per heavy atom. The maximum Gasteiger partial charge on any atom is 0.354 e. The second-order valence-electron chi connectivity index (χ2n) is 11.4. The van der Waals surface area contributed by atoms with Crippen molar-refractivity contribution in [2.24, 2.45) is 0 Å². The zero-order chi connectivity index (χ0) is 32.3. The minimum absolute atomic E-state index is 0.0308. The number of piperazine rings is 1. The van der Waals surface area contributed by atoms with Gasteiger partial charge in [0.2, 0.25) is 5.91 Å². The van der Waals surface area contributed by atoms with Gasteiger partial charge in [-0.15, -0.1) is 0 Å². The molecular weight excluding hydrogens is 611 g/mol. The van der Waals surface area contributed by atoms with Gasteiger partial charge in [-0.3, -0.25) is 14.3 Å². The fraction of sp³-hybridized carbons (Fsp3) is 0.312. The van der Waals surface area contributed by atoms with E-state index in [1.807, 2.05) is 18.7 Å². The highest BCUT2D eigenvalue weighted by Crippen LogP contribution is 2.50. The average Bonchev–Trinajstić information content (AvgIpc) is 3.00. The third kappa shape index (κ3) is 4.78. The number of carbonyl (C=O) groups excluding carboxylic acids is 1. The third-order valence-electron chi connectivity index (χ3n) is 8.34. The number of hydrogen-bond donors (Lipinski definition) is 1. The number of fused-ring (bicyclic) bond motifs is 2. The molecule has 0 spiro atoms. The van der Waals surface area contributed by atoms with Crippen molar-refractivity contribution in [3.8, 4) is 28.3 Å². The van der Waals surface area contributed by atoms with Gasteiger partial charge in [-0.2, -0.15) is 4.98 Å². The van der Waals surface area contributed by atoms with Crippen LogP contribution in [0.25, 0.3) is 27.7 Å². The number of benzene rings is 2. The van der Waals surface area contributed by atoms with Crippen molar-refractivity contribution in [2.45, 2.75) is 39.2 Å². The minimum Gasteiger partial charge on any atom is -0.507 e. The van der Waals surface area contributed by atoms with Crippen molar-refractivity contribution in [2.75, 3.05) is 31.1 Å². The standard InChI is InChI=1S/C32H29ClF3N5O4/c1-5-20(43)39-11-12-40-17(14-39)9-13-45-30-23-29(26(36)22(24(30)33)21-19(42)7-6-18(34)25(21)35)41(32(44)38-31(23)40)28-16(4)8-10-37-27(28)15(2)3/h5-8,10,15,17,42H,1,9,11-14H2,2-4H3. The van der Waals surface area contributed by atoms with Crippen LogP contribution in [-0.2, 0) is 4.79 Å². The molecule has 2 aliphatic heterocycles. The molecule has 45 heavy (non-hydrogen) atoms. The van der Waals surface area contributed by atoms with Gasteiger partial charge in [0.05, 0.1) is 40.0 Å². The number of anilines is 1. The molecule has 1 fully saturated rings. The number of aromatic nitrogens is 3. The van der Waals surface area contributed by atoms with Crippen LogP contribution in [0, 0.1) is 24.4 Å². The zero-order valence-corrected chi connectivity index (χ0v) is 25.5. The van der Waals surface area contributed by atoms with Crippen molar-refractivity contribution >= 4 is 34.2 Å². The van der Waals surface area contributed by atoms with Gasteiger partial charge < -0.3 is 19.6 Å². The molecule has 0 bridgehead atoms. The van der Waals surface area contributed by atoms with Crippen LogP contribution in [0.1, 0.15) is 37.4 Å². The summed E-state index contributed by atoms with van der Waals surface area (Å²) < 4.78 is 54.3. The summed E-state index contributed by atoms with van der Waals surface area (Å²) >= 11 is 6.79. The van der Waals surface area contributed by atoms with Gasteiger partial charge in [0, 0.05) is 37.8 Å². The summed E-state index contributed by atoms with van der Waals surface area (Å²) in [7, 11) is 0. The normalized spacial score (nSPS) is 16.3. The van der Waals surface area contributed by atoms with Crippen LogP contribution < -0.4 is 15.3 Å². The van der Waals surface area contributed by atoms with Gasteiger partial charge in [-0.05, 0) is 42.7 Å². The lowest BCUT2D eigenvalue weighted by Crippen LogP contribution is -2.56. The summed E-state index contributed by atoms with van der Waals surface area (Å²) in [6.07, 6.45) is 3.15. The lowest BCUT2D eigenvalue weighted by atomic mass is 9.97. The molecular formula is C32H29ClF3N5O4. The summed E-state index contributed by atoms with van der Waals surface area (Å²) in [5.41, 5.74) is -1.41. The van der Waals surface area contributed by atoms with E-state index in [1.165, 1.54) is 6.08 Å². The molecule has 1 N–H and O–H groups in total. The monoisotopic (exact) mass is 639 g/mol. The van der Waals surface area contributed by atoms with E-state index in [9.17, 15) is 19.1 Å². The summed E-state index contributed by atoms with van der Waals surface area (Å²) in [6, 6.07) is 2.89. The number of aryl methyl sites for hydroxylation is 1. The molecule has 0 aliphatic carbocycles. The molecule has 2 aliphatic rings. The van der Waals surface area contributed by atoms with E-state index in [-0.39, 0.29) is 72.3 Å². The van der Waals surface area contributed by atoms with E-state index in [0.29, 0.717) is 23.7 Å². The highest BCUT2D eigenvalue weighted by atomic mass is 35.5. The number of pyridine rings is 1. The first-order valence-electron chi connectivity index (χ1n) is 14.4. The first kappa shape index (κ1) is 30.4. The molecule has 234 valence electrons. The van der Waals surface area contributed by atoms with Crippen LogP contribution in [0.4, 0.5) is 19.0 Å². The molecule has 6 rings (SSSR count). The number of nitrogens with zero attached hydrogens (tertiary/aromatic N) is 5. The molecule has 4 aromatic rings. The fourth-order valence-electron chi connectivity index (χ4n) is 6.21. The number of phenolic OH excluding ortho intramolecular Hbond substituents is 1. The van der Waals surface area contributed by atoms with E-state index in [4.69, 9.17) is 16.3 Å². The van der Waals surface area contributed by atoms with Crippen LogP contribution >= 0.6 is 11.6 Å². The Bertz CT molecular complexity index is 1960. The number of phenols is 1. The molecule has 9 nitrogen and oxygen atoms in total. The van der Waals surface area contributed by atoms with Gasteiger partial charge in [0.15, 0.2) is 23.2 Å². The predicted octanol–water partition coefficient (Wildman–Crippen LogP) is 5.64. The molecule has 4 heterocycles. The lowest BCUT2D eigenvalue weighted by molar-refractivity contribution is -0.126. The number of hydrogen-bond acceptors (Lipinski definition) is 7. The van der Waals surface area contributed by atoms with Crippen LogP contribution in [0.15, 0.2) is 41.8 Å². The maximum absolute atomic E-state index is 17.3. The van der Waals surface area contributed by atoms with Crippen molar-refractivity contribution in [1.82, 2.24) is 19.4 Å². The minimum atomic E-state index is -1.53. The second-order valence-corrected chi connectivity index (χ2v) is 11.7. The van der Waals surface area contributed by atoms with Crippen LogP contribution in [0.2, 0.25) is 5.02 Å². The summed E-state index contributed by atoms with van der Waals surface area (Å²) in [4.78, 5) is 38.9. The smallest absolute Gasteiger partial charge is 0.354 e. The molecule has 1 atom stereocenters. The summed E-state index contributed by atoms with van der Waals surface area (Å²) in [6.45, 7) is 9.85. The van der Waals surface area contributed by atoms with Crippen molar-refractivity contribution in [3.63, 3.8) is 0 Å². The SMILES string of the molecule is C=CC(=O)N1CCN2c3nc(=O)n(-c4c(C)ccnc4C(C)C)c4c(F)c(-c5c(O)ccc(F)c5F)c(Cl)c(c34)OCCC2C1. The van der Waals surface area contributed by atoms with E-state index < -0.39 is 45.0 Å². The largest absolute Gasteiger partial charge is 0.507 e. The molecule has 1 unspecified atom stereocenters. The van der Waals surface area contributed by atoms with Crippen LogP contribution in [0.5, 0.6) is 11.5 Å². The van der Waals surface area contributed by atoms with E-state index in [1.54, 1.807) is 24.1 Å². The number of halogens is 4. The number of aromatic hydroxyl groups is 1. The van der Waals surface area contributed by atoms with Gasteiger partial charge in [-0.1, -0.05) is 32.0 Å². The number of amides is 1. The van der Waals surface area contributed by atoms with E-state index >= 15 is 8.78 Å². The van der Waals surface area contributed by atoms with Gasteiger partial charge >= 0.3 is 5.69 Å². The molecule has 1 saturated heterocycles. The average molecular weight is 640 g/mol. The fourth-order valence-corrected chi connectivity index (χ4v) is 6.53. The molecule has 2 aromatic heterocycles. The highest BCUT2D eigenvalue weighted by molar-refractivity contribution is 6.36. The van der Waals surface area contributed by atoms with Gasteiger partial charge in [-0.25, -0.2) is 18.0 Å². The number of rotatable bonds is 4. The predicted molar refractivity (Wildman–Crippen MR) is 164 cm³/mol. The zero-order valence-electron chi connectivity index (χ0n) is 24.7. The van der Waals surface area contributed by atoms with E-state index in [2.05, 4.69) is 16.5 Å². The van der Waals surface area contributed by atoms with Crippen LogP contribution in [0.3, 0.4) is 0 Å². The van der Waals surface area contributed by atoms with Crippen molar-refractivity contribution < 1.29 is 27.8 Å². The van der Waals surface area contributed by atoms with Crippen LogP contribution in [-0.4, -0.2) is 62.7 Å². The number of ether oxygens (including phenoxy) is 1. The Balaban J connectivity index is 1.78. The Morgan fingerprint density at radius 2 is 1.93 bits per heavy atom. The Kier molecular flexibility index (Phi) is 7.72. The Hall–Kier alpha value is -4.58. The van der Waals surface area contributed by atoms with Crippen molar-refractivity contribution in [3.05, 3.63) is 81.3 Å². The highest BCUT2D eigenvalue weighted by Gasteiger charge is 2.38. The third-order valence-corrected chi connectivity index (χ3v) is 8.70. The lowest BCUT2D eigenvalue weighted by Gasteiger charge is -2.43. The Morgan fingerprint density at radius 3 is 2.64 bits per heavy atom. The van der Waals surface area contributed by atoms with Crippen molar-refractivity contribution in [1.29, 1.82) is 0 Å². The van der Waals surface area contributed by atoms with E-state index in [0.717, 1.165) is 10.6 Å². The van der Waals surface area contributed by atoms with Gasteiger partial charge in [0.25, 0.3) is 0 Å². The molecule has 2 aromatic carbocycles. The molecule has 1 amide bonds. The molecule has 0 radical (unpaired) electrons. The van der Waals surface area contributed by atoms with Gasteiger partial charge in [0.1, 0.15) is 17.1 Å². The first-order valence-corrected chi connectivity index (χ1v) is 14.8. The topological polar surface area (TPSA) is 101 Å². The maximum atomic E-state index is 17.3. The summed E-state index contributed by atoms with van der Waals surface area (Å²) in [5, 5.41) is 10.3. The molecule has 0 saturated carbocycles. The number of carbonyl (C=O) groups is 1. The quantitative estimate of drug-likeness (QED) is 0.289. The Labute approximate surface area is 261 Å². The summed E-state index contributed by atoms with van der Waals surface area (Å²) in [5.74, 6) is -5.34. The first-order chi connectivity index (χ1) is 21.5. The second kappa shape index (κ2) is 11.4.